The molecule has 0 radical (unpaired) electrons. The number of rotatable bonds is 14. The van der Waals surface area contributed by atoms with Crippen molar-refractivity contribution in [3.63, 3.8) is 0 Å². The fraction of sp³-hybridized carbons (Fsp3) is 0.636. The maximum atomic E-state index is 6.88. The van der Waals surface area contributed by atoms with Gasteiger partial charge in [0, 0.05) is 17.8 Å². The molecule has 2 heteroatoms. The molecule has 0 heterocycles. The van der Waals surface area contributed by atoms with E-state index in [4.69, 9.17) is 11.5 Å². The van der Waals surface area contributed by atoms with E-state index < -0.39 is 0 Å². The molecule has 0 spiro atoms. The van der Waals surface area contributed by atoms with Crippen LogP contribution in [0.2, 0.25) is 0 Å². The summed E-state index contributed by atoms with van der Waals surface area (Å²) >= 11 is 0. The van der Waals surface area contributed by atoms with E-state index in [9.17, 15) is 0 Å². The Morgan fingerprint density at radius 3 is 1.06 bits per heavy atom. The molecule has 0 saturated heterocycles. The Morgan fingerprint density at radius 2 is 0.743 bits per heavy atom. The highest BCUT2D eigenvalue weighted by atomic mass is 14.6. The monoisotopic (exact) mass is 478 g/mol. The Morgan fingerprint density at radius 1 is 0.457 bits per heavy atom. The Kier molecular flexibility index (Phi) is 11.7. The van der Waals surface area contributed by atoms with Crippen LogP contribution in [0.4, 0.5) is 11.4 Å². The van der Waals surface area contributed by atoms with Gasteiger partial charge in [-0.3, -0.25) is 0 Å². The highest BCUT2D eigenvalue weighted by molar-refractivity contribution is 5.63. The van der Waals surface area contributed by atoms with Crippen LogP contribution in [0.5, 0.6) is 0 Å². The summed E-state index contributed by atoms with van der Waals surface area (Å²) in [5, 5.41) is 0. The van der Waals surface area contributed by atoms with Crippen LogP contribution in [0, 0.1) is 23.7 Å². The minimum Gasteiger partial charge on any atom is -0.398 e. The van der Waals surface area contributed by atoms with Gasteiger partial charge in [0.1, 0.15) is 0 Å². The highest BCUT2D eigenvalue weighted by Crippen LogP contribution is 2.32. The fourth-order valence-electron chi connectivity index (χ4n) is 4.84. The molecule has 0 unspecified atom stereocenters. The topological polar surface area (TPSA) is 52.0 Å². The fourth-order valence-corrected chi connectivity index (χ4v) is 4.84. The minimum atomic E-state index is 0.675. The molecule has 4 N–H and O–H groups in total. The molecular weight excluding hydrogens is 424 g/mol. The molecule has 0 aromatic heterocycles. The van der Waals surface area contributed by atoms with Crippen molar-refractivity contribution in [3.05, 3.63) is 57.6 Å². The maximum absolute atomic E-state index is 6.88. The van der Waals surface area contributed by atoms with Crippen LogP contribution in [-0.4, -0.2) is 0 Å². The van der Waals surface area contributed by atoms with Gasteiger partial charge in [0.05, 0.1) is 0 Å². The summed E-state index contributed by atoms with van der Waals surface area (Å²) in [6.07, 6.45) is 9.93. The molecule has 0 aliphatic carbocycles. The molecule has 0 atom stereocenters. The number of anilines is 2. The molecule has 2 aromatic rings. The summed E-state index contributed by atoms with van der Waals surface area (Å²) in [4.78, 5) is 0. The van der Waals surface area contributed by atoms with E-state index in [1.54, 1.807) is 0 Å². The van der Waals surface area contributed by atoms with Gasteiger partial charge in [-0.05, 0) is 108 Å². The van der Waals surface area contributed by atoms with E-state index >= 15 is 0 Å². The van der Waals surface area contributed by atoms with E-state index in [1.807, 2.05) is 0 Å². The summed E-state index contributed by atoms with van der Waals surface area (Å²) in [5.74, 6) is 2.75. The minimum absolute atomic E-state index is 0.675. The lowest BCUT2D eigenvalue weighted by atomic mass is 9.87. The van der Waals surface area contributed by atoms with Gasteiger partial charge in [-0.1, -0.05) is 79.7 Å². The summed E-state index contributed by atoms with van der Waals surface area (Å²) in [5.41, 5.74) is 23.9. The number of aryl methyl sites for hydroxylation is 2. The molecule has 35 heavy (non-hydrogen) atoms. The third kappa shape index (κ3) is 9.21. The smallest absolute Gasteiger partial charge is 0.0385 e. The van der Waals surface area contributed by atoms with Crippen molar-refractivity contribution in [2.24, 2.45) is 23.7 Å². The quantitative estimate of drug-likeness (QED) is 0.266. The first-order chi connectivity index (χ1) is 16.5. The first-order valence-corrected chi connectivity index (χ1v) is 14.3. The van der Waals surface area contributed by atoms with Crippen molar-refractivity contribution >= 4 is 11.4 Å². The summed E-state index contributed by atoms with van der Waals surface area (Å²) in [7, 11) is 0. The average Bonchev–Trinajstić information content (AvgIpc) is 2.77. The summed E-state index contributed by atoms with van der Waals surface area (Å²) < 4.78 is 0. The largest absolute Gasteiger partial charge is 0.398 e. The maximum Gasteiger partial charge on any atom is 0.0385 e. The number of benzene rings is 2. The molecule has 0 bridgehead atoms. The van der Waals surface area contributed by atoms with Gasteiger partial charge in [-0.15, -0.1) is 0 Å². The molecule has 196 valence electrons. The van der Waals surface area contributed by atoms with E-state index in [2.05, 4.69) is 79.7 Å². The third-order valence-corrected chi connectivity index (χ3v) is 7.40. The number of hydrogen-bond donors (Lipinski definition) is 2. The van der Waals surface area contributed by atoms with Gasteiger partial charge in [0.15, 0.2) is 0 Å². The molecule has 2 nitrogen and oxygen atoms in total. The number of hydrogen-bond acceptors (Lipinski definition) is 2. The molecule has 0 saturated carbocycles. The molecular formula is C33H54N2. The first-order valence-electron chi connectivity index (χ1n) is 14.3. The van der Waals surface area contributed by atoms with E-state index in [0.717, 1.165) is 43.5 Å². The zero-order valence-electron chi connectivity index (χ0n) is 24.1. The molecule has 0 aliphatic rings. The van der Waals surface area contributed by atoms with Crippen molar-refractivity contribution in [2.45, 2.75) is 113 Å². The molecule has 2 aromatic carbocycles. The number of nitrogen functional groups attached to an aromatic ring is 2. The van der Waals surface area contributed by atoms with Gasteiger partial charge in [0.25, 0.3) is 0 Å². The Bertz CT molecular complexity index is 846. The van der Waals surface area contributed by atoms with Crippen molar-refractivity contribution in [1.29, 1.82) is 0 Å². The van der Waals surface area contributed by atoms with Crippen molar-refractivity contribution in [2.75, 3.05) is 11.5 Å². The van der Waals surface area contributed by atoms with Gasteiger partial charge in [-0.2, -0.15) is 0 Å². The van der Waals surface area contributed by atoms with Gasteiger partial charge < -0.3 is 11.5 Å². The molecule has 0 amide bonds. The number of nitrogens with two attached hydrogens (primary N) is 2. The van der Waals surface area contributed by atoms with E-state index in [-0.39, 0.29) is 0 Å². The molecule has 0 aliphatic heterocycles. The summed E-state index contributed by atoms with van der Waals surface area (Å²) in [6, 6.07) is 9.22. The van der Waals surface area contributed by atoms with Crippen molar-refractivity contribution in [1.82, 2.24) is 0 Å². The van der Waals surface area contributed by atoms with Crippen LogP contribution >= 0.6 is 0 Å². The predicted molar refractivity (Wildman–Crippen MR) is 157 cm³/mol. The zero-order chi connectivity index (χ0) is 26.1. The van der Waals surface area contributed by atoms with Crippen LogP contribution < -0.4 is 11.5 Å². The normalized spacial score (nSPS) is 12.0. The Hall–Kier alpha value is -1.96. The second-order valence-electron chi connectivity index (χ2n) is 12.5. The third-order valence-electron chi connectivity index (χ3n) is 7.40. The van der Waals surface area contributed by atoms with Crippen LogP contribution in [0.15, 0.2) is 24.3 Å². The van der Waals surface area contributed by atoms with E-state index in [1.165, 1.54) is 59.1 Å². The predicted octanol–water partition coefficient (Wildman–Crippen LogP) is 8.80. The Balaban J connectivity index is 2.40. The lowest BCUT2D eigenvalue weighted by molar-refractivity contribution is 0.571. The van der Waals surface area contributed by atoms with Crippen LogP contribution in [0.3, 0.4) is 0 Å². The van der Waals surface area contributed by atoms with Gasteiger partial charge in [-0.25, -0.2) is 0 Å². The highest BCUT2D eigenvalue weighted by Gasteiger charge is 2.16. The second-order valence-corrected chi connectivity index (χ2v) is 12.5. The van der Waals surface area contributed by atoms with Gasteiger partial charge >= 0.3 is 0 Å². The standard InChI is InChI=1S/C33H54N2/c1-22(2)9-13-26-15-17-28(32(34)30(26)19-11-24(5)6)21-29-18-16-27(14-10-23(3)4)31(33(29)35)20-12-25(7)8/h15-18,22-25H,9-14,19-21,34-35H2,1-8H3. The van der Waals surface area contributed by atoms with Crippen molar-refractivity contribution in [3.8, 4) is 0 Å². The summed E-state index contributed by atoms with van der Waals surface area (Å²) in [6.45, 7) is 18.4. The SMILES string of the molecule is CC(C)CCc1ccc(Cc2ccc(CCC(C)C)c(CCC(C)C)c2N)c(N)c1CCC(C)C. The lowest BCUT2D eigenvalue weighted by Crippen LogP contribution is -2.10. The average molecular weight is 479 g/mol. The van der Waals surface area contributed by atoms with Crippen LogP contribution in [0.1, 0.15) is 114 Å². The van der Waals surface area contributed by atoms with E-state index in [0.29, 0.717) is 23.7 Å². The lowest BCUT2D eigenvalue weighted by Gasteiger charge is -2.20. The van der Waals surface area contributed by atoms with Crippen molar-refractivity contribution < 1.29 is 0 Å². The molecule has 0 fully saturated rings. The first kappa shape index (κ1) is 29.3. The van der Waals surface area contributed by atoms with Gasteiger partial charge in [0.2, 0.25) is 0 Å². The van der Waals surface area contributed by atoms with Crippen LogP contribution in [0.25, 0.3) is 0 Å². The zero-order valence-corrected chi connectivity index (χ0v) is 24.1. The Labute approximate surface area is 217 Å². The molecule has 2 rings (SSSR count). The van der Waals surface area contributed by atoms with Crippen LogP contribution in [-0.2, 0) is 32.1 Å². The second kappa shape index (κ2) is 14.0.